The fraction of sp³-hybridized carbons (Fsp3) is 0.391. The van der Waals surface area contributed by atoms with Gasteiger partial charge in [0, 0.05) is 18.0 Å². The van der Waals surface area contributed by atoms with Crippen molar-refractivity contribution in [1.82, 2.24) is 14.9 Å². The molecule has 1 heterocycles. The molecule has 154 valence electrons. The van der Waals surface area contributed by atoms with Crippen LogP contribution < -0.4 is 14.8 Å². The number of hydrogen-bond donors (Lipinski definition) is 1. The molecule has 6 nitrogen and oxygen atoms in total. The fourth-order valence-corrected chi connectivity index (χ4v) is 3.04. The number of hydrogen-bond acceptors (Lipinski definition) is 4. The van der Waals surface area contributed by atoms with Gasteiger partial charge in [-0.05, 0) is 30.7 Å². The van der Waals surface area contributed by atoms with Gasteiger partial charge in [-0.3, -0.25) is 4.79 Å². The van der Waals surface area contributed by atoms with Crippen LogP contribution >= 0.6 is 0 Å². The fourth-order valence-electron chi connectivity index (χ4n) is 3.04. The van der Waals surface area contributed by atoms with Crippen LogP contribution in [0.2, 0.25) is 0 Å². The van der Waals surface area contributed by atoms with E-state index in [1.54, 1.807) is 7.11 Å². The highest BCUT2D eigenvalue weighted by molar-refractivity contribution is 5.81. The molecule has 0 radical (unpaired) electrons. The zero-order valence-electron chi connectivity index (χ0n) is 17.6. The van der Waals surface area contributed by atoms with Crippen molar-refractivity contribution in [3.05, 3.63) is 54.4 Å². The number of benzene rings is 2. The Labute approximate surface area is 171 Å². The molecule has 1 amide bonds. The van der Waals surface area contributed by atoms with E-state index in [1.165, 1.54) is 0 Å². The molecule has 0 aliphatic heterocycles. The summed E-state index contributed by atoms with van der Waals surface area (Å²) in [5.41, 5.74) is 1.57. The van der Waals surface area contributed by atoms with Crippen LogP contribution in [0.25, 0.3) is 11.0 Å². The van der Waals surface area contributed by atoms with Crippen LogP contribution in [0.3, 0.4) is 0 Å². The van der Waals surface area contributed by atoms with E-state index < -0.39 is 5.41 Å². The number of nitrogens with one attached hydrogen (secondary N) is 1. The molecule has 0 spiro atoms. The summed E-state index contributed by atoms with van der Waals surface area (Å²) in [6.45, 7) is 7.45. The second kappa shape index (κ2) is 8.99. The summed E-state index contributed by atoms with van der Waals surface area (Å²) < 4.78 is 13.2. The van der Waals surface area contributed by atoms with E-state index in [0.717, 1.165) is 41.3 Å². The molecule has 6 heteroatoms. The second-order valence-corrected chi connectivity index (χ2v) is 7.98. The minimum atomic E-state index is -0.429. The van der Waals surface area contributed by atoms with Crippen LogP contribution in [-0.4, -0.2) is 29.2 Å². The second-order valence-electron chi connectivity index (χ2n) is 7.98. The lowest BCUT2D eigenvalue weighted by Crippen LogP contribution is -2.35. The number of carbonyl (C=O) groups is 1. The van der Waals surface area contributed by atoms with Gasteiger partial charge in [-0.1, -0.05) is 39.0 Å². The van der Waals surface area contributed by atoms with Crippen molar-refractivity contribution in [3.63, 3.8) is 0 Å². The number of fused-ring (bicyclic) bond motifs is 1. The maximum Gasteiger partial charge on any atom is 0.225 e. The lowest BCUT2D eigenvalue weighted by atomic mass is 9.96. The van der Waals surface area contributed by atoms with Crippen LogP contribution in [0, 0.1) is 5.41 Å². The summed E-state index contributed by atoms with van der Waals surface area (Å²) >= 11 is 0. The first-order valence-electron chi connectivity index (χ1n) is 9.88. The number of aromatic nitrogens is 2. The molecular formula is C23H29N3O3. The molecule has 0 aliphatic carbocycles. The monoisotopic (exact) mass is 395 g/mol. The number of ether oxygens (including phenoxy) is 2. The molecule has 0 atom stereocenters. The number of nitrogens with zero attached hydrogens (tertiary/aromatic N) is 2. The van der Waals surface area contributed by atoms with Gasteiger partial charge in [-0.15, -0.1) is 0 Å². The summed E-state index contributed by atoms with van der Waals surface area (Å²) in [5, 5.41) is 3.00. The van der Waals surface area contributed by atoms with Gasteiger partial charge >= 0.3 is 0 Å². The highest BCUT2D eigenvalue weighted by atomic mass is 16.5. The first-order chi connectivity index (χ1) is 13.9. The Bertz CT molecular complexity index is 973. The quantitative estimate of drug-likeness (QED) is 0.581. The van der Waals surface area contributed by atoms with E-state index in [1.807, 2.05) is 63.2 Å². The van der Waals surface area contributed by atoms with Gasteiger partial charge < -0.3 is 19.4 Å². The zero-order chi connectivity index (χ0) is 20.9. The predicted octanol–water partition coefficient (Wildman–Crippen LogP) is 4.18. The number of aryl methyl sites for hydroxylation is 1. The van der Waals surface area contributed by atoms with E-state index in [4.69, 9.17) is 14.5 Å². The summed E-state index contributed by atoms with van der Waals surface area (Å²) in [5.74, 6) is 2.43. The maximum atomic E-state index is 12.3. The Kier molecular flexibility index (Phi) is 6.42. The van der Waals surface area contributed by atoms with Gasteiger partial charge in [0.05, 0.1) is 31.3 Å². The van der Waals surface area contributed by atoms with Crippen molar-refractivity contribution in [1.29, 1.82) is 0 Å². The van der Waals surface area contributed by atoms with Gasteiger partial charge in [0.25, 0.3) is 0 Å². The number of amides is 1. The standard InChI is InChI=1S/C23H29N3O3/c1-23(2,3)22(27)24-16-21-25-19-11-5-6-12-20(19)26(21)13-8-14-29-18-10-7-9-17(15-18)28-4/h5-7,9-12,15H,8,13-14,16H2,1-4H3,(H,24,27). The Morgan fingerprint density at radius 1 is 1.10 bits per heavy atom. The Balaban J connectivity index is 1.66. The highest BCUT2D eigenvalue weighted by Crippen LogP contribution is 2.20. The molecule has 1 N–H and O–H groups in total. The van der Waals surface area contributed by atoms with Gasteiger partial charge in [0.15, 0.2) is 0 Å². The first-order valence-corrected chi connectivity index (χ1v) is 9.88. The number of imidazole rings is 1. The molecular weight excluding hydrogens is 366 g/mol. The number of para-hydroxylation sites is 2. The maximum absolute atomic E-state index is 12.3. The van der Waals surface area contributed by atoms with E-state index in [9.17, 15) is 4.79 Å². The molecule has 0 saturated heterocycles. The van der Waals surface area contributed by atoms with Crippen LogP contribution in [0.1, 0.15) is 33.0 Å². The summed E-state index contributed by atoms with van der Waals surface area (Å²) in [4.78, 5) is 17.0. The van der Waals surface area contributed by atoms with Crippen LogP contribution in [0.15, 0.2) is 48.5 Å². The molecule has 2 aromatic carbocycles. The zero-order valence-corrected chi connectivity index (χ0v) is 17.6. The van der Waals surface area contributed by atoms with Gasteiger partial charge in [-0.25, -0.2) is 4.98 Å². The Morgan fingerprint density at radius 2 is 1.86 bits per heavy atom. The van der Waals surface area contributed by atoms with Crippen molar-refractivity contribution in [2.24, 2.45) is 5.41 Å². The van der Waals surface area contributed by atoms with E-state index in [0.29, 0.717) is 13.2 Å². The number of rotatable bonds is 8. The predicted molar refractivity (Wildman–Crippen MR) is 114 cm³/mol. The topological polar surface area (TPSA) is 65.4 Å². The number of methoxy groups -OCH3 is 1. The average Bonchev–Trinajstić information content (AvgIpc) is 3.06. The smallest absolute Gasteiger partial charge is 0.225 e. The molecule has 29 heavy (non-hydrogen) atoms. The molecule has 1 aromatic heterocycles. The first kappa shape index (κ1) is 20.7. The minimum Gasteiger partial charge on any atom is -0.497 e. The minimum absolute atomic E-state index is 0.0115. The van der Waals surface area contributed by atoms with Crippen molar-refractivity contribution in [2.45, 2.75) is 40.3 Å². The molecule has 0 aliphatic rings. The third kappa shape index (κ3) is 5.28. The Morgan fingerprint density at radius 3 is 2.62 bits per heavy atom. The highest BCUT2D eigenvalue weighted by Gasteiger charge is 2.21. The molecule has 0 saturated carbocycles. The average molecular weight is 396 g/mol. The molecule has 0 unspecified atom stereocenters. The van der Waals surface area contributed by atoms with Crippen molar-refractivity contribution < 1.29 is 14.3 Å². The van der Waals surface area contributed by atoms with Crippen LogP contribution in [-0.2, 0) is 17.9 Å². The lowest BCUT2D eigenvalue weighted by molar-refractivity contribution is -0.128. The SMILES string of the molecule is COc1cccc(OCCCn2c(CNC(=O)C(C)(C)C)nc3ccccc32)c1. The molecule has 0 fully saturated rings. The third-order valence-corrected chi connectivity index (χ3v) is 4.66. The lowest BCUT2D eigenvalue weighted by Gasteiger charge is -2.18. The van der Waals surface area contributed by atoms with E-state index in [2.05, 4.69) is 16.0 Å². The van der Waals surface area contributed by atoms with Crippen molar-refractivity contribution in [2.75, 3.05) is 13.7 Å². The van der Waals surface area contributed by atoms with E-state index in [-0.39, 0.29) is 5.91 Å². The summed E-state index contributed by atoms with van der Waals surface area (Å²) in [7, 11) is 1.64. The van der Waals surface area contributed by atoms with Crippen molar-refractivity contribution >= 4 is 16.9 Å². The Hall–Kier alpha value is -3.02. The molecule has 3 aromatic rings. The van der Waals surface area contributed by atoms with Gasteiger partial charge in [-0.2, -0.15) is 0 Å². The van der Waals surface area contributed by atoms with Crippen LogP contribution in [0.4, 0.5) is 0 Å². The summed E-state index contributed by atoms with van der Waals surface area (Å²) in [6.07, 6.45) is 0.817. The largest absolute Gasteiger partial charge is 0.497 e. The van der Waals surface area contributed by atoms with Gasteiger partial charge in [0.2, 0.25) is 5.91 Å². The molecule has 3 rings (SSSR count). The van der Waals surface area contributed by atoms with E-state index >= 15 is 0 Å². The van der Waals surface area contributed by atoms with Crippen LogP contribution in [0.5, 0.6) is 11.5 Å². The molecule has 0 bridgehead atoms. The van der Waals surface area contributed by atoms with Gasteiger partial charge in [0.1, 0.15) is 17.3 Å². The van der Waals surface area contributed by atoms with Crippen molar-refractivity contribution in [3.8, 4) is 11.5 Å². The normalized spacial score (nSPS) is 11.4. The number of carbonyl (C=O) groups excluding carboxylic acids is 1. The third-order valence-electron chi connectivity index (χ3n) is 4.66. The summed E-state index contributed by atoms with van der Waals surface area (Å²) in [6, 6.07) is 15.6.